The lowest BCUT2D eigenvalue weighted by atomic mass is 10.2. The zero-order valence-corrected chi connectivity index (χ0v) is 15.3. The number of benzene rings is 1. The van der Waals surface area contributed by atoms with E-state index in [1.165, 1.54) is 0 Å². The van der Waals surface area contributed by atoms with Crippen molar-refractivity contribution in [2.45, 2.75) is 39.3 Å². The molecule has 0 fully saturated rings. The Morgan fingerprint density at radius 2 is 1.86 bits per heavy atom. The van der Waals surface area contributed by atoms with E-state index in [1.54, 1.807) is 0 Å². The summed E-state index contributed by atoms with van der Waals surface area (Å²) in [5, 5.41) is 4.58. The minimum Gasteiger partial charge on any atom is -0.485 e. The predicted molar refractivity (Wildman–Crippen MR) is 92.4 cm³/mol. The molecule has 2 aromatic rings. The van der Waals surface area contributed by atoms with Gasteiger partial charge in [-0.05, 0) is 62.9 Å². The van der Waals surface area contributed by atoms with Crippen molar-refractivity contribution in [1.82, 2.24) is 9.78 Å². The topological polar surface area (TPSA) is 53.1 Å². The molecule has 1 heterocycles. The van der Waals surface area contributed by atoms with Gasteiger partial charge in [0.15, 0.2) is 0 Å². The molecular formula is C15H19Br2N3O. The summed E-state index contributed by atoms with van der Waals surface area (Å²) in [4.78, 5) is 0. The fourth-order valence-electron chi connectivity index (χ4n) is 2.18. The molecule has 0 atom stereocenters. The van der Waals surface area contributed by atoms with Gasteiger partial charge >= 0.3 is 0 Å². The summed E-state index contributed by atoms with van der Waals surface area (Å²) in [5.74, 6) is 0.737. The van der Waals surface area contributed by atoms with Crippen LogP contribution in [0.15, 0.2) is 33.3 Å². The van der Waals surface area contributed by atoms with Crippen molar-refractivity contribution in [3.8, 4) is 5.75 Å². The lowest BCUT2D eigenvalue weighted by Gasteiger charge is -2.13. The zero-order chi connectivity index (χ0) is 15.4. The van der Waals surface area contributed by atoms with E-state index in [0.717, 1.165) is 33.2 Å². The molecule has 2 rings (SSSR count). The van der Waals surface area contributed by atoms with Gasteiger partial charge < -0.3 is 10.5 Å². The molecule has 21 heavy (non-hydrogen) atoms. The zero-order valence-electron chi connectivity index (χ0n) is 12.1. The first-order valence-corrected chi connectivity index (χ1v) is 8.55. The lowest BCUT2D eigenvalue weighted by Crippen LogP contribution is -2.08. The van der Waals surface area contributed by atoms with E-state index in [4.69, 9.17) is 10.5 Å². The third-order valence-corrected chi connectivity index (χ3v) is 4.54. The monoisotopic (exact) mass is 415 g/mol. The Hall–Kier alpha value is -1.01. The summed E-state index contributed by atoms with van der Waals surface area (Å²) in [6, 6.07) is 6.09. The highest BCUT2D eigenvalue weighted by atomic mass is 79.9. The second-order valence-corrected chi connectivity index (χ2v) is 6.57. The highest BCUT2D eigenvalue weighted by Crippen LogP contribution is 2.36. The van der Waals surface area contributed by atoms with Gasteiger partial charge in [-0.15, -0.1) is 0 Å². The number of ether oxygens (including phenoxy) is 1. The van der Waals surface area contributed by atoms with Gasteiger partial charge in [0.2, 0.25) is 0 Å². The average molecular weight is 417 g/mol. The molecule has 6 heteroatoms. The Kier molecular flexibility index (Phi) is 5.70. The Morgan fingerprint density at radius 3 is 2.43 bits per heavy atom. The molecule has 0 aliphatic carbocycles. The number of nitrogens with zero attached hydrogens (tertiary/aromatic N) is 2. The third kappa shape index (κ3) is 4.01. The van der Waals surface area contributed by atoms with E-state index in [2.05, 4.69) is 50.8 Å². The highest BCUT2D eigenvalue weighted by Gasteiger charge is 2.11. The molecule has 0 bridgehead atoms. The Morgan fingerprint density at radius 1 is 1.24 bits per heavy atom. The fraction of sp³-hybridized carbons (Fsp3) is 0.400. The minimum absolute atomic E-state index is 0.425. The quantitative estimate of drug-likeness (QED) is 0.679. The van der Waals surface area contributed by atoms with Crippen LogP contribution in [0.1, 0.15) is 38.4 Å². The second-order valence-electron chi connectivity index (χ2n) is 4.86. The molecule has 0 saturated carbocycles. The lowest BCUT2D eigenvalue weighted by molar-refractivity contribution is 0.293. The van der Waals surface area contributed by atoms with Crippen molar-refractivity contribution in [1.29, 1.82) is 0 Å². The molecule has 1 aromatic carbocycles. The maximum atomic E-state index is 5.84. The second kappa shape index (κ2) is 7.31. The molecule has 0 aliphatic heterocycles. The van der Waals surface area contributed by atoms with Crippen molar-refractivity contribution in [2.24, 2.45) is 0 Å². The SMILES string of the molecule is CCC(CC)n1ccc(COc2c(Br)cc(N)cc2Br)n1. The minimum atomic E-state index is 0.425. The molecule has 0 radical (unpaired) electrons. The van der Waals surface area contributed by atoms with Gasteiger partial charge in [-0.25, -0.2) is 0 Å². The summed E-state index contributed by atoms with van der Waals surface area (Å²) in [7, 11) is 0. The van der Waals surface area contributed by atoms with Gasteiger partial charge in [-0.2, -0.15) is 5.10 Å². The number of hydrogen-bond acceptors (Lipinski definition) is 3. The van der Waals surface area contributed by atoms with Crippen LogP contribution in [-0.4, -0.2) is 9.78 Å². The van der Waals surface area contributed by atoms with Gasteiger partial charge in [-0.1, -0.05) is 13.8 Å². The van der Waals surface area contributed by atoms with Crippen molar-refractivity contribution in [3.05, 3.63) is 39.0 Å². The number of halogens is 2. The van der Waals surface area contributed by atoms with Crippen LogP contribution in [0.25, 0.3) is 0 Å². The molecule has 0 unspecified atom stereocenters. The van der Waals surface area contributed by atoms with Crippen molar-refractivity contribution < 1.29 is 4.74 Å². The molecule has 2 N–H and O–H groups in total. The van der Waals surface area contributed by atoms with E-state index in [1.807, 2.05) is 29.1 Å². The number of aromatic nitrogens is 2. The maximum absolute atomic E-state index is 5.84. The molecule has 4 nitrogen and oxygen atoms in total. The molecule has 0 spiro atoms. The molecule has 1 aromatic heterocycles. The molecule has 0 amide bonds. The van der Waals surface area contributed by atoms with Gasteiger partial charge in [-0.3, -0.25) is 4.68 Å². The summed E-state index contributed by atoms with van der Waals surface area (Å²) >= 11 is 6.92. The number of rotatable bonds is 6. The smallest absolute Gasteiger partial charge is 0.148 e. The predicted octanol–water partition coefficient (Wildman–Crippen LogP) is 4.93. The fourth-order valence-corrected chi connectivity index (χ4v) is 3.63. The van der Waals surface area contributed by atoms with E-state index < -0.39 is 0 Å². The average Bonchev–Trinajstić information content (AvgIpc) is 2.87. The van der Waals surface area contributed by atoms with Crippen LogP contribution >= 0.6 is 31.9 Å². The normalized spacial score (nSPS) is 11.1. The molecule has 0 aliphatic rings. The van der Waals surface area contributed by atoms with Gasteiger partial charge in [0, 0.05) is 11.9 Å². The summed E-state index contributed by atoms with van der Waals surface area (Å²) in [6.45, 7) is 4.78. The summed E-state index contributed by atoms with van der Waals surface area (Å²) in [6.07, 6.45) is 4.17. The first-order valence-electron chi connectivity index (χ1n) is 6.96. The number of nitrogen functional groups attached to an aromatic ring is 1. The van der Waals surface area contributed by atoms with Gasteiger partial charge in [0.05, 0.1) is 20.7 Å². The Labute approximate surface area is 141 Å². The van der Waals surface area contributed by atoms with E-state index in [0.29, 0.717) is 18.3 Å². The van der Waals surface area contributed by atoms with Crippen LogP contribution in [0.3, 0.4) is 0 Å². The van der Waals surface area contributed by atoms with Crippen molar-refractivity contribution in [2.75, 3.05) is 5.73 Å². The van der Waals surface area contributed by atoms with Crippen molar-refractivity contribution in [3.63, 3.8) is 0 Å². The molecular weight excluding hydrogens is 398 g/mol. The molecule has 0 saturated heterocycles. The maximum Gasteiger partial charge on any atom is 0.148 e. The van der Waals surface area contributed by atoms with Crippen LogP contribution < -0.4 is 10.5 Å². The van der Waals surface area contributed by atoms with E-state index >= 15 is 0 Å². The third-order valence-electron chi connectivity index (χ3n) is 3.37. The van der Waals surface area contributed by atoms with E-state index in [-0.39, 0.29) is 0 Å². The summed E-state index contributed by atoms with van der Waals surface area (Å²) in [5.41, 5.74) is 7.37. The van der Waals surface area contributed by atoms with Crippen LogP contribution in [0, 0.1) is 0 Å². The summed E-state index contributed by atoms with van der Waals surface area (Å²) < 4.78 is 9.52. The van der Waals surface area contributed by atoms with Crippen LogP contribution in [-0.2, 0) is 6.61 Å². The number of anilines is 1. The van der Waals surface area contributed by atoms with Gasteiger partial charge in [0.25, 0.3) is 0 Å². The Balaban J connectivity index is 2.07. The van der Waals surface area contributed by atoms with Crippen LogP contribution in [0.2, 0.25) is 0 Å². The first-order chi connectivity index (χ1) is 10.0. The van der Waals surface area contributed by atoms with Gasteiger partial charge in [0.1, 0.15) is 12.4 Å². The highest BCUT2D eigenvalue weighted by molar-refractivity contribution is 9.11. The standard InChI is InChI=1S/C15H19Br2N3O/c1-3-12(4-2)20-6-5-11(19-20)9-21-15-13(16)7-10(18)8-14(15)17/h5-8,12H,3-4,9,18H2,1-2H3. The molecule has 114 valence electrons. The van der Waals surface area contributed by atoms with Crippen LogP contribution in [0.4, 0.5) is 5.69 Å². The van der Waals surface area contributed by atoms with Crippen LogP contribution in [0.5, 0.6) is 5.75 Å². The Bertz CT molecular complexity index is 586. The number of hydrogen-bond donors (Lipinski definition) is 1. The van der Waals surface area contributed by atoms with E-state index in [9.17, 15) is 0 Å². The number of nitrogens with two attached hydrogens (primary N) is 1. The first kappa shape index (κ1) is 16.4. The van der Waals surface area contributed by atoms with Crippen molar-refractivity contribution >= 4 is 37.5 Å². The largest absolute Gasteiger partial charge is 0.485 e.